The van der Waals surface area contributed by atoms with Crippen LogP contribution in [0.1, 0.15) is 15.2 Å². The summed E-state index contributed by atoms with van der Waals surface area (Å²) in [5.41, 5.74) is 1.10. The molecule has 0 spiro atoms. The Balaban J connectivity index is 1.80. The summed E-state index contributed by atoms with van der Waals surface area (Å²) in [6, 6.07) is 13.7. The number of halogens is 1. The van der Waals surface area contributed by atoms with Crippen molar-refractivity contribution in [3.63, 3.8) is 0 Å². The van der Waals surface area contributed by atoms with Crippen molar-refractivity contribution in [2.45, 2.75) is 6.61 Å². The number of benzene rings is 2. The lowest BCUT2D eigenvalue weighted by molar-refractivity contribution is -0.121. The molecule has 0 radical (unpaired) electrons. The van der Waals surface area contributed by atoms with Crippen molar-refractivity contribution in [2.24, 2.45) is 0 Å². The minimum atomic E-state index is -0.683. The van der Waals surface area contributed by atoms with Crippen LogP contribution < -0.4 is 4.90 Å². The van der Waals surface area contributed by atoms with E-state index in [-0.39, 0.29) is 23.9 Å². The summed E-state index contributed by atoms with van der Waals surface area (Å²) >= 11 is 1.12. The minimum Gasteiger partial charge on any atom is -0.451 e. The lowest BCUT2D eigenvalue weighted by Gasteiger charge is -2.21. The van der Waals surface area contributed by atoms with Gasteiger partial charge in [-0.2, -0.15) is 0 Å². The van der Waals surface area contributed by atoms with Gasteiger partial charge in [-0.15, -0.1) is 17.9 Å². The molecular weight excluding hydrogens is 393 g/mol. The molecule has 0 saturated carbocycles. The second-order valence-electron chi connectivity index (χ2n) is 6.16. The van der Waals surface area contributed by atoms with Crippen LogP contribution in [0.2, 0.25) is 0 Å². The smallest absolute Gasteiger partial charge is 0.349 e. The number of hydrogen-bond acceptors (Lipinski definition) is 5. The standard InChI is InChI=1S/C22H20FNO4S/c1-3-12-24(15-8-5-4-6-9-15)19(25)14-28-22(26)21-16(13-27-2)20-17(23)10-7-11-18(20)29-21/h3-11H,1,12-14H2,2H3. The van der Waals surface area contributed by atoms with Gasteiger partial charge in [0.1, 0.15) is 10.7 Å². The van der Waals surface area contributed by atoms with E-state index in [2.05, 4.69) is 6.58 Å². The van der Waals surface area contributed by atoms with Gasteiger partial charge in [0.25, 0.3) is 5.91 Å². The molecule has 7 heteroatoms. The van der Waals surface area contributed by atoms with Gasteiger partial charge in [-0.3, -0.25) is 4.79 Å². The zero-order chi connectivity index (χ0) is 20.8. The summed E-state index contributed by atoms with van der Waals surface area (Å²) in [5, 5.41) is 0.343. The summed E-state index contributed by atoms with van der Waals surface area (Å²) in [7, 11) is 1.47. The Labute approximate surface area is 172 Å². The van der Waals surface area contributed by atoms with Crippen LogP contribution in [0.3, 0.4) is 0 Å². The molecule has 0 aliphatic carbocycles. The number of methoxy groups -OCH3 is 1. The van der Waals surface area contributed by atoms with E-state index in [1.807, 2.05) is 18.2 Å². The summed E-state index contributed by atoms with van der Waals surface area (Å²) in [6.07, 6.45) is 1.60. The quantitative estimate of drug-likeness (QED) is 0.401. The van der Waals surface area contributed by atoms with Crippen molar-refractivity contribution < 1.29 is 23.5 Å². The second-order valence-corrected chi connectivity index (χ2v) is 7.21. The number of nitrogens with zero attached hydrogens (tertiary/aromatic N) is 1. The SMILES string of the molecule is C=CCN(C(=O)COC(=O)c1sc2cccc(F)c2c1COC)c1ccccc1. The average Bonchev–Trinajstić information content (AvgIpc) is 3.11. The maximum atomic E-state index is 14.3. The molecule has 2 aromatic carbocycles. The number of esters is 1. The van der Waals surface area contributed by atoms with E-state index in [0.717, 1.165) is 11.3 Å². The summed E-state index contributed by atoms with van der Waals surface area (Å²) in [5.74, 6) is -1.50. The van der Waals surface area contributed by atoms with Crippen LogP contribution in [-0.2, 0) is 20.9 Å². The van der Waals surface area contributed by atoms with E-state index < -0.39 is 18.4 Å². The molecule has 0 bridgehead atoms. The van der Waals surface area contributed by atoms with Gasteiger partial charge in [0.15, 0.2) is 6.61 Å². The number of rotatable bonds is 8. The third kappa shape index (κ3) is 4.52. The molecule has 5 nitrogen and oxygen atoms in total. The van der Waals surface area contributed by atoms with Crippen LogP contribution in [0.15, 0.2) is 61.2 Å². The fraction of sp³-hybridized carbons (Fsp3) is 0.182. The molecule has 0 aliphatic heterocycles. The Bertz CT molecular complexity index is 1030. The highest BCUT2D eigenvalue weighted by Gasteiger charge is 2.23. The maximum Gasteiger partial charge on any atom is 0.349 e. The van der Waals surface area contributed by atoms with Gasteiger partial charge in [-0.05, 0) is 24.3 Å². The highest BCUT2D eigenvalue weighted by molar-refractivity contribution is 7.21. The molecule has 3 aromatic rings. The van der Waals surface area contributed by atoms with Gasteiger partial charge in [-0.1, -0.05) is 30.3 Å². The first-order chi connectivity index (χ1) is 14.1. The van der Waals surface area contributed by atoms with E-state index in [4.69, 9.17) is 9.47 Å². The van der Waals surface area contributed by atoms with Gasteiger partial charge in [0.05, 0.1) is 6.61 Å². The van der Waals surface area contributed by atoms with Gasteiger partial charge >= 0.3 is 5.97 Å². The van der Waals surface area contributed by atoms with E-state index in [1.165, 1.54) is 18.1 Å². The molecule has 0 unspecified atom stereocenters. The van der Waals surface area contributed by atoms with Crippen molar-refractivity contribution in [3.05, 3.63) is 77.4 Å². The fourth-order valence-electron chi connectivity index (χ4n) is 2.97. The number of thiophene rings is 1. The van der Waals surface area contributed by atoms with E-state index in [0.29, 0.717) is 21.3 Å². The first-order valence-corrected chi connectivity index (χ1v) is 9.70. The van der Waals surface area contributed by atoms with Crippen molar-refractivity contribution in [3.8, 4) is 0 Å². The van der Waals surface area contributed by atoms with Crippen LogP contribution >= 0.6 is 11.3 Å². The van der Waals surface area contributed by atoms with E-state index in [9.17, 15) is 14.0 Å². The topological polar surface area (TPSA) is 55.8 Å². The van der Waals surface area contributed by atoms with Gasteiger partial charge in [0.2, 0.25) is 0 Å². The Morgan fingerprint density at radius 3 is 2.62 bits per heavy atom. The highest BCUT2D eigenvalue weighted by atomic mass is 32.1. The predicted octanol–water partition coefficient (Wildman–Crippen LogP) is 4.56. The second kappa shape index (κ2) is 9.45. The lowest BCUT2D eigenvalue weighted by atomic mass is 10.1. The fourth-order valence-corrected chi connectivity index (χ4v) is 4.09. The number of fused-ring (bicyclic) bond motifs is 1. The number of anilines is 1. The summed E-state index contributed by atoms with van der Waals surface area (Å²) < 4.78 is 25.3. The normalized spacial score (nSPS) is 10.7. The monoisotopic (exact) mass is 413 g/mol. The third-order valence-corrected chi connectivity index (χ3v) is 5.42. The Morgan fingerprint density at radius 2 is 1.93 bits per heavy atom. The van der Waals surface area contributed by atoms with Crippen molar-refractivity contribution >= 4 is 39.0 Å². The number of ether oxygens (including phenoxy) is 2. The first kappa shape index (κ1) is 20.7. The molecule has 1 amide bonds. The van der Waals surface area contributed by atoms with Crippen LogP contribution in [0.5, 0.6) is 0 Å². The number of amides is 1. The molecule has 0 N–H and O–H groups in total. The number of hydrogen-bond donors (Lipinski definition) is 0. The Morgan fingerprint density at radius 1 is 1.17 bits per heavy atom. The molecule has 1 heterocycles. The van der Waals surface area contributed by atoms with Crippen molar-refractivity contribution in [2.75, 3.05) is 25.2 Å². The van der Waals surface area contributed by atoms with Crippen LogP contribution in [0.25, 0.3) is 10.1 Å². The Hall–Kier alpha value is -3.03. The molecule has 0 saturated heterocycles. The zero-order valence-corrected chi connectivity index (χ0v) is 16.7. The average molecular weight is 413 g/mol. The number of para-hydroxylation sites is 1. The number of carbonyl (C=O) groups excluding carboxylic acids is 2. The summed E-state index contributed by atoms with van der Waals surface area (Å²) in [6.45, 7) is 3.57. The largest absolute Gasteiger partial charge is 0.451 e. The van der Waals surface area contributed by atoms with Crippen LogP contribution in [0, 0.1) is 5.82 Å². The van der Waals surface area contributed by atoms with Gasteiger partial charge in [-0.25, -0.2) is 9.18 Å². The molecule has 1 aromatic heterocycles. The summed E-state index contributed by atoms with van der Waals surface area (Å²) in [4.78, 5) is 27.0. The van der Waals surface area contributed by atoms with Crippen molar-refractivity contribution in [1.82, 2.24) is 0 Å². The molecular formula is C22H20FNO4S. The third-order valence-electron chi connectivity index (χ3n) is 4.24. The molecule has 0 aliphatic rings. The first-order valence-electron chi connectivity index (χ1n) is 8.89. The van der Waals surface area contributed by atoms with Crippen LogP contribution in [-0.4, -0.2) is 32.1 Å². The molecule has 29 heavy (non-hydrogen) atoms. The Kier molecular flexibility index (Phi) is 6.74. The maximum absolute atomic E-state index is 14.3. The lowest BCUT2D eigenvalue weighted by Crippen LogP contribution is -2.34. The molecule has 150 valence electrons. The molecule has 3 rings (SSSR count). The molecule has 0 atom stereocenters. The van der Waals surface area contributed by atoms with Crippen molar-refractivity contribution in [1.29, 1.82) is 0 Å². The number of carbonyl (C=O) groups is 2. The zero-order valence-electron chi connectivity index (χ0n) is 15.9. The molecule has 0 fully saturated rings. The van der Waals surface area contributed by atoms with E-state index in [1.54, 1.807) is 30.3 Å². The van der Waals surface area contributed by atoms with Gasteiger partial charge in [0, 0.05) is 35.0 Å². The van der Waals surface area contributed by atoms with E-state index >= 15 is 0 Å². The van der Waals surface area contributed by atoms with Crippen LogP contribution in [0.4, 0.5) is 10.1 Å². The predicted molar refractivity (Wildman–Crippen MR) is 112 cm³/mol. The van der Waals surface area contributed by atoms with Gasteiger partial charge < -0.3 is 14.4 Å². The highest BCUT2D eigenvalue weighted by Crippen LogP contribution is 2.34. The minimum absolute atomic E-state index is 0.0614.